The molecule has 0 spiro atoms. The molecule has 0 saturated heterocycles. The molecule has 120 heavy (non-hydrogen) atoms. The van der Waals surface area contributed by atoms with Gasteiger partial charge in [0.05, 0.1) is 0 Å². The molecule has 0 bridgehead atoms. The van der Waals surface area contributed by atoms with Gasteiger partial charge >= 0.3 is 0 Å². The minimum Gasteiger partial charge on any atom is -0.123 e. The smallest absolute Gasteiger partial charge is 0.0368 e. The summed E-state index contributed by atoms with van der Waals surface area (Å²) in [5.41, 5.74) is 0. The Bertz CT molecular complexity index is 1960. The summed E-state index contributed by atoms with van der Waals surface area (Å²) >= 11 is 15.0. The van der Waals surface area contributed by atoms with Gasteiger partial charge < -0.3 is 0 Å². The van der Waals surface area contributed by atoms with Crippen LogP contribution in [0.1, 0.15) is 581 Å². The first kappa shape index (κ1) is 108. The summed E-state index contributed by atoms with van der Waals surface area (Å²) in [5, 5.41) is 0. The minimum absolute atomic E-state index is 0.875. The number of unbranched alkanes of at least 4 members (excludes halogenated alkanes) is 48. The number of rotatable bonds is 78. The molecule has 0 N–H and O–H groups in total. The van der Waals surface area contributed by atoms with Crippen molar-refractivity contribution < 1.29 is 0 Å². The highest BCUT2D eigenvalue weighted by molar-refractivity contribution is 8.06. The van der Waals surface area contributed by atoms with Crippen LogP contribution in [0.5, 0.6) is 0 Å². The van der Waals surface area contributed by atoms with Gasteiger partial charge in [-0.15, -0.1) is 70.6 Å². The minimum atomic E-state index is 0.875. The number of hydrogen-bond acceptors (Lipinski definition) is 6. The van der Waals surface area contributed by atoms with E-state index in [2.05, 4.69) is 112 Å². The first-order valence-corrected chi connectivity index (χ1v) is 62.3. The van der Waals surface area contributed by atoms with Gasteiger partial charge in [0.25, 0.3) is 0 Å². The molecule has 0 atom stereocenters. The predicted molar refractivity (Wildman–Crippen MR) is 555 cm³/mol. The summed E-state index contributed by atoms with van der Waals surface area (Å²) in [6.45, 7) is 14.2. The molecule has 1 aromatic rings. The van der Waals surface area contributed by atoms with Gasteiger partial charge in [-0.3, -0.25) is 0 Å². The van der Waals surface area contributed by atoms with Crippen molar-refractivity contribution >= 4 is 70.6 Å². The molecule has 702 valence electrons. The van der Waals surface area contributed by atoms with Crippen LogP contribution in [-0.2, 0) is 0 Å². The summed E-state index contributed by atoms with van der Waals surface area (Å²) in [4.78, 5) is 11.2. The van der Waals surface area contributed by atoms with Gasteiger partial charge in [-0.25, -0.2) is 0 Å². The van der Waals surface area contributed by atoms with Crippen LogP contribution >= 0.6 is 70.6 Å². The van der Waals surface area contributed by atoms with Crippen molar-refractivity contribution in [1.82, 2.24) is 0 Å². The molecule has 0 heterocycles. The van der Waals surface area contributed by atoms with E-state index in [-0.39, 0.29) is 0 Å². The van der Waals surface area contributed by atoms with Crippen LogP contribution < -0.4 is 0 Å². The molecule has 0 amide bonds. The van der Waals surface area contributed by atoms with Crippen molar-refractivity contribution in [3.8, 4) is 0 Å². The maximum atomic E-state index is 2.50. The van der Waals surface area contributed by atoms with E-state index in [9.17, 15) is 0 Å². The Morgan fingerprint density at radius 3 is 0.325 bits per heavy atom. The fourth-order valence-corrected chi connectivity index (χ4v) is 32.9. The van der Waals surface area contributed by atoms with E-state index >= 15 is 0 Å². The quantitative estimate of drug-likeness (QED) is 0.0468. The fourth-order valence-electron chi connectivity index (χ4n) is 23.2. The van der Waals surface area contributed by atoms with Crippen molar-refractivity contribution in [2.45, 2.75) is 610 Å². The van der Waals surface area contributed by atoms with Gasteiger partial charge in [0, 0.05) is 63.9 Å². The van der Waals surface area contributed by atoms with E-state index in [1.807, 2.05) is 29.4 Å². The average Bonchev–Trinajstić information content (AvgIpc) is 0.761. The van der Waals surface area contributed by atoms with Gasteiger partial charge in [0.2, 0.25) is 0 Å². The van der Waals surface area contributed by atoms with Crippen molar-refractivity contribution in [2.24, 2.45) is 71.0 Å². The Balaban J connectivity index is 1.19. The highest BCUT2D eigenvalue weighted by Crippen LogP contribution is 2.58. The first-order valence-electron chi connectivity index (χ1n) is 56.4. The van der Waals surface area contributed by atoms with E-state index in [1.165, 1.54) is 574 Å². The second-order valence-electron chi connectivity index (χ2n) is 42.9. The van der Waals surface area contributed by atoms with Crippen molar-refractivity contribution in [3.05, 3.63) is 0 Å². The lowest BCUT2D eigenvalue weighted by molar-refractivity contribution is 0.274. The lowest BCUT2D eigenvalue weighted by Crippen LogP contribution is -2.18. The lowest BCUT2D eigenvalue weighted by Gasteiger charge is -2.33. The van der Waals surface area contributed by atoms with Crippen LogP contribution in [0, 0.1) is 71.0 Å². The Labute approximate surface area is 780 Å². The van der Waals surface area contributed by atoms with Crippen LogP contribution in [0.3, 0.4) is 0 Å². The third kappa shape index (κ3) is 50.8. The van der Waals surface area contributed by atoms with E-state index in [4.69, 9.17) is 0 Å². The lowest BCUT2D eigenvalue weighted by atomic mass is 9.80. The van der Waals surface area contributed by atoms with E-state index in [0.29, 0.717) is 0 Å². The predicted octanol–water partition coefficient (Wildman–Crippen LogP) is 42.6. The van der Waals surface area contributed by atoms with Gasteiger partial charge in [0.1, 0.15) is 0 Å². The zero-order valence-electron chi connectivity index (χ0n) is 82.0. The Hall–Kier alpha value is 1.32. The van der Waals surface area contributed by atoms with Crippen molar-refractivity contribution in [3.63, 3.8) is 0 Å². The summed E-state index contributed by atoms with van der Waals surface area (Å²) in [6, 6.07) is 0. The molecular formula is C114H210S6. The molecule has 6 saturated carbocycles. The van der Waals surface area contributed by atoms with Crippen LogP contribution in [0.2, 0.25) is 0 Å². The molecule has 7 rings (SSSR count). The maximum Gasteiger partial charge on any atom is 0.0368 e. The summed E-state index contributed by atoms with van der Waals surface area (Å²) in [7, 11) is 0. The molecule has 0 unspecified atom stereocenters. The van der Waals surface area contributed by atoms with Gasteiger partial charge in [0.15, 0.2) is 0 Å². The largest absolute Gasteiger partial charge is 0.123 e. The maximum absolute atomic E-state index is 2.50. The second-order valence-corrected chi connectivity index (χ2v) is 49.0. The summed E-state index contributed by atoms with van der Waals surface area (Å²) in [6.07, 6.45) is 124. The zero-order chi connectivity index (χ0) is 84.3. The average molecular weight is 1770 g/mol. The SMILES string of the molecule is CCCCCCCCCCC[C@H]1CC[C@H](CSc2c(SC[C@H]3CC[C@H](CCCCCCCCCCC)CC3)c(SC[C@H]3CC[C@H](CCCCCCCCCCC)CC3)c(SC[C@H]3CC[C@H](CCCCCCCCCCC)CC3)c(SC[C@H]3CC[C@H](CCCCCCCCCCC)CC3)c2SC[C@H]2CC[C@H](CCCCCCCCCCC)CC2)CC1. The van der Waals surface area contributed by atoms with Crippen molar-refractivity contribution in [2.75, 3.05) is 34.5 Å². The molecule has 0 aromatic heterocycles. The summed E-state index contributed by atoms with van der Waals surface area (Å²) in [5.74, 6) is 19.4. The van der Waals surface area contributed by atoms with Gasteiger partial charge in [-0.1, -0.05) is 504 Å². The molecule has 6 aliphatic carbocycles. The normalized spacial score (nSPS) is 23.9. The van der Waals surface area contributed by atoms with Gasteiger partial charge in [-0.2, -0.15) is 0 Å². The number of thioether (sulfide) groups is 6. The van der Waals surface area contributed by atoms with Crippen LogP contribution in [0.15, 0.2) is 29.4 Å². The van der Waals surface area contributed by atoms with Crippen LogP contribution in [0.4, 0.5) is 0 Å². The topological polar surface area (TPSA) is 0 Å². The molecule has 0 nitrogen and oxygen atoms in total. The molecule has 6 fully saturated rings. The molecule has 1 aromatic carbocycles. The summed E-state index contributed by atoms with van der Waals surface area (Å²) < 4.78 is 0. The highest BCUT2D eigenvalue weighted by atomic mass is 32.2. The van der Waals surface area contributed by atoms with E-state index in [1.54, 1.807) is 0 Å². The zero-order valence-corrected chi connectivity index (χ0v) is 86.9. The number of hydrogen-bond donors (Lipinski definition) is 0. The Morgan fingerprint density at radius 1 is 0.125 bits per heavy atom. The number of benzene rings is 1. The Kier molecular flexibility index (Phi) is 67.5. The van der Waals surface area contributed by atoms with Gasteiger partial charge in [-0.05, 0) is 148 Å². The molecular weight excluding hydrogens is 1560 g/mol. The third-order valence-electron chi connectivity index (χ3n) is 32.1. The Morgan fingerprint density at radius 2 is 0.217 bits per heavy atom. The molecule has 6 heteroatoms. The monoisotopic (exact) mass is 1770 g/mol. The standard InChI is InChI=1S/C114H210S6/c1-7-13-19-25-31-37-43-49-55-61-97-67-79-103(80-68-97)91-115-109-110(116-92-104-81-69-98(70-82-104)62-56-50-44-38-32-26-20-14-8-2)112(118-94-106-85-73-100(74-86-106)64-58-52-46-40-34-28-22-16-10-4)114(120-96-108-89-77-102(78-90-108)66-60-54-48-42-36-30-24-18-12-6)113(119-95-107-87-75-101(76-88-107)65-59-53-47-41-35-29-23-17-11-5)111(109)117-93-105-83-71-99(72-84-105)63-57-51-45-39-33-27-21-15-9-3/h97-108H,7-96H2,1-6H3/t97-,98-,99-,100-,101-,102-,103-,104-,105-,106-,107-,108-. The van der Waals surface area contributed by atoms with Crippen LogP contribution in [-0.4, -0.2) is 34.5 Å². The highest BCUT2D eigenvalue weighted by Gasteiger charge is 2.35. The molecule has 0 aliphatic heterocycles. The van der Waals surface area contributed by atoms with E-state index in [0.717, 1.165) is 71.0 Å². The first-order chi connectivity index (χ1) is 59.4. The second kappa shape index (κ2) is 74.8. The molecule has 0 radical (unpaired) electrons. The van der Waals surface area contributed by atoms with Crippen LogP contribution in [0.25, 0.3) is 0 Å². The third-order valence-corrected chi connectivity index (χ3v) is 40.9. The fraction of sp³-hybridized carbons (Fsp3) is 0.947. The van der Waals surface area contributed by atoms with E-state index < -0.39 is 0 Å². The van der Waals surface area contributed by atoms with Crippen molar-refractivity contribution in [1.29, 1.82) is 0 Å². The molecule has 6 aliphatic rings.